The van der Waals surface area contributed by atoms with E-state index in [-0.39, 0.29) is 17.2 Å². The lowest BCUT2D eigenvalue weighted by Crippen LogP contribution is -2.24. The normalized spacial score (nSPS) is 17.6. The van der Waals surface area contributed by atoms with E-state index in [0.29, 0.717) is 30.8 Å². The van der Waals surface area contributed by atoms with Gasteiger partial charge in [0.2, 0.25) is 0 Å². The molecule has 1 aromatic rings. The van der Waals surface area contributed by atoms with Gasteiger partial charge in [0, 0.05) is 19.4 Å². The van der Waals surface area contributed by atoms with E-state index in [4.69, 9.17) is 4.74 Å². The Morgan fingerprint density at radius 2 is 1.46 bits per heavy atom. The molecule has 3 rings (SSSR count). The van der Waals surface area contributed by atoms with Crippen LogP contribution >= 0.6 is 0 Å². The summed E-state index contributed by atoms with van der Waals surface area (Å²) in [4.78, 5) is 29.1. The monoisotopic (exact) mass is 329 g/mol. The van der Waals surface area contributed by atoms with Crippen molar-refractivity contribution in [1.82, 2.24) is 4.98 Å². The van der Waals surface area contributed by atoms with Crippen molar-refractivity contribution < 1.29 is 14.3 Å². The molecule has 1 aromatic heterocycles. The topological polar surface area (TPSA) is 56.3 Å². The average Bonchev–Trinajstić information content (AvgIpc) is 2.51. The molecule has 0 unspecified atom stereocenters. The van der Waals surface area contributed by atoms with Crippen LogP contribution in [0.1, 0.15) is 90.5 Å². The molecular formula is C20H27NO3. The Bertz CT molecular complexity index is 626. The number of fused-ring (bicyclic) bond motifs is 2. The van der Waals surface area contributed by atoms with Gasteiger partial charge in [0.05, 0.1) is 5.60 Å². The van der Waals surface area contributed by atoms with Crippen LogP contribution in [0.4, 0.5) is 0 Å². The Kier molecular flexibility index (Phi) is 4.86. The molecule has 1 heterocycles. The predicted octanol–water partition coefficient (Wildman–Crippen LogP) is 3.87. The zero-order valence-corrected chi connectivity index (χ0v) is 15.0. The summed E-state index contributed by atoms with van der Waals surface area (Å²) >= 11 is 0. The number of aromatic nitrogens is 1. The number of carbonyl (C=O) groups excluding carboxylic acids is 2. The highest BCUT2D eigenvalue weighted by Crippen LogP contribution is 2.32. The second-order valence-electron chi connectivity index (χ2n) is 7.86. The van der Waals surface area contributed by atoms with Gasteiger partial charge in [-0.15, -0.1) is 0 Å². The van der Waals surface area contributed by atoms with Crippen molar-refractivity contribution in [2.24, 2.45) is 0 Å². The Balaban J connectivity index is 1.91. The summed E-state index contributed by atoms with van der Waals surface area (Å²) in [5.41, 5.74) is 4.44. The van der Waals surface area contributed by atoms with Crippen LogP contribution in [0, 0.1) is 0 Å². The fraction of sp³-hybridized carbons (Fsp3) is 0.650. The zero-order valence-electron chi connectivity index (χ0n) is 15.0. The molecule has 2 aliphatic rings. The Labute approximate surface area is 144 Å². The number of carbonyl (C=O) groups is 2. The minimum atomic E-state index is -0.136. The summed E-state index contributed by atoms with van der Waals surface area (Å²) < 4.78 is 5.83. The van der Waals surface area contributed by atoms with Crippen LogP contribution in [-0.2, 0) is 24.0 Å². The fourth-order valence-electron chi connectivity index (χ4n) is 3.73. The molecule has 0 aromatic carbocycles. The van der Waals surface area contributed by atoms with Crippen molar-refractivity contribution in [3.63, 3.8) is 0 Å². The van der Waals surface area contributed by atoms with Crippen molar-refractivity contribution in [2.75, 3.05) is 6.61 Å². The first-order valence-corrected chi connectivity index (χ1v) is 9.12. The predicted molar refractivity (Wildman–Crippen MR) is 92.8 cm³/mol. The van der Waals surface area contributed by atoms with E-state index < -0.39 is 0 Å². The van der Waals surface area contributed by atoms with E-state index in [0.717, 1.165) is 49.7 Å². The second-order valence-corrected chi connectivity index (χ2v) is 7.86. The highest BCUT2D eigenvalue weighted by Gasteiger charge is 2.29. The number of ketones is 2. The van der Waals surface area contributed by atoms with Crippen LogP contribution in [-0.4, -0.2) is 28.8 Å². The molecule has 4 nitrogen and oxygen atoms in total. The van der Waals surface area contributed by atoms with E-state index in [1.807, 2.05) is 0 Å². The Hall–Kier alpha value is -1.55. The Morgan fingerprint density at radius 3 is 1.96 bits per heavy atom. The third-order valence-electron chi connectivity index (χ3n) is 4.82. The molecule has 0 saturated carbocycles. The fourth-order valence-corrected chi connectivity index (χ4v) is 3.73. The first kappa shape index (κ1) is 17.3. The van der Waals surface area contributed by atoms with Gasteiger partial charge >= 0.3 is 0 Å². The standard InChI is InChI=1S/C20H27NO3/c1-20(2,3)24-12-6-9-13-14-7-4-10-16(22)18(14)21-19-15(13)8-5-11-17(19)23/h4-12H2,1-3H3. The summed E-state index contributed by atoms with van der Waals surface area (Å²) in [6.07, 6.45) is 6.49. The molecule has 0 N–H and O–H groups in total. The molecule has 0 saturated heterocycles. The zero-order chi connectivity index (χ0) is 17.3. The third kappa shape index (κ3) is 3.59. The van der Waals surface area contributed by atoms with Crippen LogP contribution in [0.5, 0.6) is 0 Å². The minimum absolute atomic E-state index is 0.101. The summed E-state index contributed by atoms with van der Waals surface area (Å²) in [5.74, 6) is 0.203. The number of rotatable bonds is 4. The molecule has 0 radical (unpaired) electrons. The highest BCUT2D eigenvalue weighted by molar-refractivity contribution is 6.01. The second kappa shape index (κ2) is 6.75. The summed E-state index contributed by atoms with van der Waals surface area (Å²) in [5, 5.41) is 0. The maximum absolute atomic E-state index is 12.3. The molecule has 2 aliphatic carbocycles. The van der Waals surface area contributed by atoms with Crippen molar-refractivity contribution in [3.05, 3.63) is 28.1 Å². The van der Waals surface area contributed by atoms with Gasteiger partial charge in [0.1, 0.15) is 11.4 Å². The smallest absolute Gasteiger partial charge is 0.181 e. The minimum Gasteiger partial charge on any atom is -0.376 e. The van der Waals surface area contributed by atoms with Gasteiger partial charge < -0.3 is 4.74 Å². The maximum atomic E-state index is 12.3. The summed E-state index contributed by atoms with van der Waals surface area (Å²) in [6, 6.07) is 0. The summed E-state index contributed by atoms with van der Waals surface area (Å²) in [6.45, 7) is 6.86. The molecule has 0 atom stereocenters. The molecule has 0 bridgehead atoms. The van der Waals surface area contributed by atoms with E-state index >= 15 is 0 Å². The van der Waals surface area contributed by atoms with E-state index in [1.165, 1.54) is 5.56 Å². The lowest BCUT2D eigenvalue weighted by Gasteiger charge is -2.26. The number of hydrogen-bond acceptors (Lipinski definition) is 4. The Morgan fingerprint density at radius 1 is 0.917 bits per heavy atom. The van der Waals surface area contributed by atoms with Crippen LogP contribution in [0.2, 0.25) is 0 Å². The lowest BCUT2D eigenvalue weighted by atomic mass is 9.82. The first-order chi connectivity index (χ1) is 11.4. The maximum Gasteiger partial charge on any atom is 0.181 e. The van der Waals surface area contributed by atoms with Crippen LogP contribution < -0.4 is 0 Å². The van der Waals surface area contributed by atoms with Crippen molar-refractivity contribution in [3.8, 4) is 0 Å². The van der Waals surface area contributed by atoms with E-state index in [2.05, 4.69) is 25.8 Å². The first-order valence-electron chi connectivity index (χ1n) is 9.12. The lowest BCUT2D eigenvalue weighted by molar-refractivity contribution is -0.00387. The average molecular weight is 329 g/mol. The molecule has 4 heteroatoms. The number of pyridine rings is 1. The molecule has 0 amide bonds. The highest BCUT2D eigenvalue weighted by atomic mass is 16.5. The van der Waals surface area contributed by atoms with Gasteiger partial charge in [-0.05, 0) is 76.0 Å². The van der Waals surface area contributed by atoms with Gasteiger partial charge in [-0.25, -0.2) is 4.98 Å². The number of nitrogens with zero attached hydrogens (tertiary/aromatic N) is 1. The molecule has 0 aliphatic heterocycles. The van der Waals surface area contributed by atoms with Gasteiger partial charge in [-0.3, -0.25) is 9.59 Å². The molecular weight excluding hydrogens is 302 g/mol. The van der Waals surface area contributed by atoms with E-state index in [1.54, 1.807) is 0 Å². The summed E-state index contributed by atoms with van der Waals surface area (Å²) in [7, 11) is 0. The van der Waals surface area contributed by atoms with Gasteiger partial charge in [0.25, 0.3) is 0 Å². The molecule has 0 spiro atoms. The molecule has 0 fully saturated rings. The largest absolute Gasteiger partial charge is 0.376 e. The van der Waals surface area contributed by atoms with Gasteiger partial charge in [-0.1, -0.05) is 0 Å². The van der Waals surface area contributed by atoms with Crippen molar-refractivity contribution in [1.29, 1.82) is 0 Å². The van der Waals surface area contributed by atoms with Crippen LogP contribution in [0.25, 0.3) is 0 Å². The van der Waals surface area contributed by atoms with Crippen LogP contribution in [0.15, 0.2) is 0 Å². The van der Waals surface area contributed by atoms with E-state index in [9.17, 15) is 9.59 Å². The third-order valence-corrected chi connectivity index (χ3v) is 4.82. The molecule has 24 heavy (non-hydrogen) atoms. The number of hydrogen-bond donors (Lipinski definition) is 0. The van der Waals surface area contributed by atoms with Gasteiger partial charge in [0.15, 0.2) is 11.6 Å². The number of Topliss-reactive ketones (excluding diaryl/α,β-unsaturated/α-hetero) is 2. The molecule has 130 valence electrons. The van der Waals surface area contributed by atoms with Crippen molar-refractivity contribution in [2.45, 2.75) is 77.7 Å². The van der Waals surface area contributed by atoms with Crippen molar-refractivity contribution >= 4 is 11.6 Å². The van der Waals surface area contributed by atoms with Gasteiger partial charge in [-0.2, -0.15) is 0 Å². The number of ether oxygens (including phenoxy) is 1. The van der Waals surface area contributed by atoms with Crippen LogP contribution in [0.3, 0.4) is 0 Å². The SMILES string of the molecule is CC(C)(C)OCCCc1c2c(nc3c1CCCC3=O)C(=O)CCC2. The quantitative estimate of drug-likeness (QED) is 0.787.